The molecule has 31 heavy (non-hydrogen) atoms. The average Bonchev–Trinajstić information content (AvgIpc) is 3.47. The number of para-hydroxylation sites is 2. The smallest absolute Gasteiger partial charge is 0.250 e. The Morgan fingerprint density at radius 3 is 2.58 bits per heavy atom. The lowest BCUT2D eigenvalue weighted by atomic mass is 10.3. The van der Waals surface area contributed by atoms with Crippen LogP contribution in [0.4, 0.5) is 0 Å². The maximum Gasteiger partial charge on any atom is 0.250 e. The largest absolute Gasteiger partial charge is 0.486 e. The number of hydrogen-bond donors (Lipinski definition) is 1. The monoisotopic (exact) mass is 433 g/mol. The molecular formula is C22H19N5O3S. The Hall–Kier alpha value is -3.85. The first kappa shape index (κ1) is 20.4. The Balaban J connectivity index is 1.44. The molecule has 1 amide bonds. The van der Waals surface area contributed by atoms with Gasteiger partial charge in [0.2, 0.25) is 0 Å². The van der Waals surface area contributed by atoms with Gasteiger partial charge in [-0.2, -0.15) is 5.10 Å². The zero-order valence-corrected chi connectivity index (χ0v) is 17.2. The highest BCUT2D eigenvalue weighted by molar-refractivity contribution is 7.99. The van der Waals surface area contributed by atoms with E-state index in [0.29, 0.717) is 16.7 Å². The maximum atomic E-state index is 12.2. The number of hydrazone groups is 1. The molecule has 0 saturated carbocycles. The predicted octanol–water partition coefficient (Wildman–Crippen LogP) is 3.68. The molecule has 2 aromatic heterocycles. The second-order valence-corrected chi connectivity index (χ2v) is 7.21. The number of amides is 1. The van der Waals surface area contributed by atoms with E-state index in [0.717, 1.165) is 11.4 Å². The molecule has 1 N–H and O–H groups in total. The topological polar surface area (TPSA) is 94.5 Å². The number of carbonyl (C=O) groups is 1. The highest BCUT2D eigenvalue weighted by Gasteiger charge is 2.16. The Morgan fingerprint density at radius 1 is 1.06 bits per heavy atom. The predicted molar refractivity (Wildman–Crippen MR) is 117 cm³/mol. The third kappa shape index (κ3) is 5.61. The molecule has 4 rings (SSSR count). The molecule has 156 valence electrons. The first-order valence-electron chi connectivity index (χ1n) is 9.45. The normalized spacial score (nSPS) is 11.0. The summed E-state index contributed by atoms with van der Waals surface area (Å²) in [6.07, 6.45) is 2.97. The van der Waals surface area contributed by atoms with Crippen molar-refractivity contribution in [2.24, 2.45) is 5.10 Å². The summed E-state index contributed by atoms with van der Waals surface area (Å²) in [4.78, 5) is 12.2. The molecule has 2 heterocycles. The fourth-order valence-electron chi connectivity index (χ4n) is 2.68. The van der Waals surface area contributed by atoms with Crippen molar-refractivity contribution in [3.05, 3.63) is 90.6 Å². The molecule has 0 atom stereocenters. The number of nitrogens with one attached hydrogen (secondary N) is 1. The average molecular weight is 433 g/mol. The number of aromatic nitrogens is 3. The van der Waals surface area contributed by atoms with Gasteiger partial charge >= 0.3 is 0 Å². The van der Waals surface area contributed by atoms with Crippen LogP contribution in [-0.4, -0.2) is 32.6 Å². The van der Waals surface area contributed by atoms with Crippen LogP contribution in [0.3, 0.4) is 0 Å². The van der Waals surface area contributed by atoms with Gasteiger partial charge in [-0.15, -0.1) is 10.2 Å². The summed E-state index contributed by atoms with van der Waals surface area (Å²) in [6.45, 7) is 0.242. The van der Waals surface area contributed by atoms with E-state index in [1.165, 1.54) is 24.2 Å². The number of thioether (sulfide) groups is 1. The van der Waals surface area contributed by atoms with E-state index in [4.69, 9.17) is 9.15 Å². The molecule has 8 nitrogen and oxygen atoms in total. The highest BCUT2D eigenvalue weighted by Crippen LogP contribution is 2.23. The van der Waals surface area contributed by atoms with Gasteiger partial charge in [0, 0.05) is 5.69 Å². The summed E-state index contributed by atoms with van der Waals surface area (Å²) < 4.78 is 12.9. The SMILES string of the molecule is O=C(CSc1nnc(COc2ccccc2)n1-c1ccccc1)N/N=C/c1ccco1. The van der Waals surface area contributed by atoms with Crippen LogP contribution in [0.1, 0.15) is 11.6 Å². The zero-order chi connectivity index (χ0) is 21.3. The van der Waals surface area contributed by atoms with Gasteiger partial charge < -0.3 is 9.15 Å². The van der Waals surface area contributed by atoms with Gasteiger partial charge in [-0.05, 0) is 36.4 Å². The van der Waals surface area contributed by atoms with Crippen molar-refractivity contribution in [2.45, 2.75) is 11.8 Å². The minimum atomic E-state index is -0.266. The van der Waals surface area contributed by atoms with E-state index in [1.807, 2.05) is 65.2 Å². The van der Waals surface area contributed by atoms with E-state index in [9.17, 15) is 4.79 Å². The van der Waals surface area contributed by atoms with Crippen molar-refractivity contribution < 1.29 is 13.9 Å². The Labute approximate surface area is 182 Å². The number of rotatable bonds is 9. The van der Waals surface area contributed by atoms with Gasteiger partial charge in [0.25, 0.3) is 5.91 Å². The lowest BCUT2D eigenvalue weighted by molar-refractivity contribution is -0.118. The number of benzene rings is 2. The number of ether oxygens (including phenoxy) is 1. The van der Waals surface area contributed by atoms with Crippen LogP contribution in [0.15, 0.2) is 93.7 Å². The summed E-state index contributed by atoms with van der Waals surface area (Å²) in [5.41, 5.74) is 3.36. The van der Waals surface area contributed by atoms with E-state index >= 15 is 0 Å². The molecule has 0 radical (unpaired) electrons. The van der Waals surface area contributed by atoms with Crippen molar-refractivity contribution >= 4 is 23.9 Å². The molecule has 0 unspecified atom stereocenters. The lowest BCUT2D eigenvalue weighted by Crippen LogP contribution is -2.20. The van der Waals surface area contributed by atoms with Crippen molar-refractivity contribution in [2.75, 3.05) is 5.75 Å². The van der Waals surface area contributed by atoms with E-state index in [-0.39, 0.29) is 18.3 Å². The minimum Gasteiger partial charge on any atom is -0.486 e. The molecule has 0 aliphatic carbocycles. The Kier molecular flexibility index (Phi) is 6.76. The van der Waals surface area contributed by atoms with Crippen LogP contribution >= 0.6 is 11.8 Å². The third-order valence-corrected chi connectivity index (χ3v) is 5.01. The molecule has 9 heteroatoms. The van der Waals surface area contributed by atoms with Crippen molar-refractivity contribution in [3.8, 4) is 11.4 Å². The van der Waals surface area contributed by atoms with Crippen LogP contribution in [0.25, 0.3) is 5.69 Å². The first-order chi connectivity index (χ1) is 15.3. The number of carbonyl (C=O) groups excluding carboxylic acids is 1. The molecular weight excluding hydrogens is 414 g/mol. The van der Waals surface area contributed by atoms with Gasteiger partial charge in [0.1, 0.15) is 18.1 Å². The standard InChI is InChI=1S/C22H19N5O3S/c28-21(25-23-14-19-12-7-13-29-19)16-31-22-26-24-20(15-30-18-10-5-2-6-11-18)27(22)17-8-3-1-4-9-17/h1-14H,15-16H2,(H,25,28)/b23-14+. The van der Waals surface area contributed by atoms with Gasteiger partial charge in [0.15, 0.2) is 11.0 Å². The molecule has 0 aliphatic heterocycles. The van der Waals surface area contributed by atoms with Crippen LogP contribution < -0.4 is 10.2 Å². The van der Waals surface area contributed by atoms with Crippen molar-refractivity contribution in [1.29, 1.82) is 0 Å². The first-order valence-corrected chi connectivity index (χ1v) is 10.4. The van der Waals surface area contributed by atoms with Crippen LogP contribution in [0.5, 0.6) is 5.75 Å². The third-order valence-electron chi connectivity index (χ3n) is 4.08. The molecule has 0 fully saturated rings. The Morgan fingerprint density at radius 2 is 1.84 bits per heavy atom. The fourth-order valence-corrected chi connectivity index (χ4v) is 3.45. The van der Waals surface area contributed by atoms with Gasteiger partial charge in [-0.1, -0.05) is 48.2 Å². The van der Waals surface area contributed by atoms with Gasteiger partial charge in [0.05, 0.1) is 18.2 Å². The second kappa shape index (κ2) is 10.3. The molecule has 0 bridgehead atoms. The summed E-state index contributed by atoms with van der Waals surface area (Å²) in [7, 11) is 0. The number of furan rings is 1. The van der Waals surface area contributed by atoms with Crippen LogP contribution in [-0.2, 0) is 11.4 Å². The van der Waals surface area contributed by atoms with E-state index < -0.39 is 0 Å². The zero-order valence-electron chi connectivity index (χ0n) is 16.4. The summed E-state index contributed by atoms with van der Waals surface area (Å²) in [5.74, 6) is 1.79. The number of hydrogen-bond acceptors (Lipinski definition) is 7. The Bertz CT molecular complexity index is 1130. The summed E-state index contributed by atoms with van der Waals surface area (Å²) in [5, 5.41) is 13.0. The summed E-state index contributed by atoms with van der Waals surface area (Å²) >= 11 is 1.26. The number of nitrogens with zero attached hydrogens (tertiary/aromatic N) is 4. The minimum absolute atomic E-state index is 0.125. The van der Waals surface area contributed by atoms with Crippen molar-refractivity contribution in [3.63, 3.8) is 0 Å². The summed E-state index contributed by atoms with van der Waals surface area (Å²) in [6, 6.07) is 22.7. The van der Waals surface area contributed by atoms with Crippen LogP contribution in [0.2, 0.25) is 0 Å². The highest BCUT2D eigenvalue weighted by atomic mass is 32.2. The van der Waals surface area contributed by atoms with Gasteiger partial charge in [-0.25, -0.2) is 5.43 Å². The van der Waals surface area contributed by atoms with Crippen LogP contribution in [0, 0.1) is 0 Å². The second-order valence-electron chi connectivity index (χ2n) is 6.27. The quantitative estimate of drug-likeness (QED) is 0.246. The maximum absolute atomic E-state index is 12.2. The molecule has 2 aromatic carbocycles. The molecule has 0 spiro atoms. The lowest BCUT2D eigenvalue weighted by Gasteiger charge is -2.11. The molecule has 0 aliphatic rings. The van der Waals surface area contributed by atoms with E-state index in [1.54, 1.807) is 12.1 Å². The van der Waals surface area contributed by atoms with Crippen molar-refractivity contribution in [1.82, 2.24) is 20.2 Å². The molecule has 0 saturated heterocycles. The van der Waals surface area contributed by atoms with E-state index in [2.05, 4.69) is 20.7 Å². The fraction of sp³-hybridized carbons (Fsp3) is 0.0909. The molecule has 4 aromatic rings. The van der Waals surface area contributed by atoms with Gasteiger partial charge in [-0.3, -0.25) is 9.36 Å².